The predicted octanol–water partition coefficient (Wildman–Crippen LogP) is 3.77. The van der Waals surface area contributed by atoms with Crippen LogP contribution >= 0.6 is 11.6 Å². The van der Waals surface area contributed by atoms with E-state index in [4.69, 9.17) is 21.1 Å². The van der Waals surface area contributed by atoms with Gasteiger partial charge < -0.3 is 14.8 Å². The molecule has 0 radical (unpaired) electrons. The first-order chi connectivity index (χ1) is 11.1. The van der Waals surface area contributed by atoms with Crippen molar-refractivity contribution in [3.05, 3.63) is 58.1 Å². The molecule has 23 heavy (non-hydrogen) atoms. The zero-order chi connectivity index (χ0) is 16.4. The van der Waals surface area contributed by atoms with Gasteiger partial charge in [0.05, 0.1) is 30.8 Å². The van der Waals surface area contributed by atoms with Crippen molar-refractivity contribution in [2.75, 3.05) is 14.2 Å². The summed E-state index contributed by atoms with van der Waals surface area (Å²) in [4.78, 5) is 12.5. The van der Waals surface area contributed by atoms with Crippen LogP contribution in [-0.4, -0.2) is 20.1 Å². The summed E-state index contributed by atoms with van der Waals surface area (Å²) in [6, 6.07) is 10.9. The Morgan fingerprint density at radius 1 is 1.17 bits per heavy atom. The minimum atomic E-state index is -0.164. The molecule has 0 bridgehead atoms. The highest BCUT2D eigenvalue weighted by molar-refractivity contribution is 6.33. The van der Waals surface area contributed by atoms with Crippen LogP contribution in [-0.2, 0) is 6.42 Å². The molecule has 1 aliphatic carbocycles. The van der Waals surface area contributed by atoms with Gasteiger partial charge in [-0.2, -0.15) is 0 Å². The maximum atomic E-state index is 12.5. The first-order valence-electron chi connectivity index (χ1n) is 7.44. The van der Waals surface area contributed by atoms with Gasteiger partial charge in [0.25, 0.3) is 5.91 Å². The summed E-state index contributed by atoms with van der Waals surface area (Å²) in [5, 5.41) is 3.52. The SMILES string of the molecule is COc1cc2c(cc1OC)C(NC(=O)c1ccccc1Cl)CC2. The van der Waals surface area contributed by atoms with Gasteiger partial charge in [0.15, 0.2) is 11.5 Å². The molecule has 0 aromatic heterocycles. The monoisotopic (exact) mass is 331 g/mol. The van der Waals surface area contributed by atoms with Crippen molar-refractivity contribution in [2.24, 2.45) is 0 Å². The van der Waals surface area contributed by atoms with Crippen molar-refractivity contribution in [3.8, 4) is 11.5 Å². The highest BCUT2D eigenvalue weighted by Gasteiger charge is 2.27. The first kappa shape index (κ1) is 15.7. The van der Waals surface area contributed by atoms with Gasteiger partial charge in [-0.15, -0.1) is 0 Å². The molecule has 4 nitrogen and oxygen atoms in total. The van der Waals surface area contributed by atoms with Crippen LogP contribution in [0.15, 0.2) is 36.4 Å². The van der Waals surface area contributed by atoms with Gasteiger partial charge in [-0.3, -0.25) is 4.79 Å². The molecular weight excluding hydrogens is 314 g/mol. The summed E-state index contributed by atoms with van der Waals surface area (Å²) < 4.78 is 10.7. The standard InChI is InChI=1S/C18H18ClNO3/c1-22-16-9-11-7-8-15(13(11)10-17(16)23-2)20-18(21)12-5-3-4-6-14(12)19/h3-6,9-10,15H,7-8H2,1-2H3,(H,20,21). The third-order valence-corrected chi connectivity index (χ3v) is 4.48. The molecule has 0 fully saturated rings. The van der Waals surface area contributed by atoms with Crippen molar-refractivity contribution < 1.29 is 14.3 Å². The molecule has 3 rings (SSSR count). The van der Waals surface area contributed by atoms with E-state index in [1.54, 1.807) is 38.5 Å². The van der Waals surface area contributed by atoms with Crippen molar-refractivity contribution in [1.29, 1.82) is 0 Å². The molecule has 2 aromatic carbocycles. The Kier molecular flexibility index (Phi) is 4.44. The Morgan fingerprint density at radius 2 is 1.87 bits per heavy atom. The molecule has 5 heteroatoms. The average Bonchev–Trinajstić information content (AvgIpc) is 2.95. The van der Waals surface area contributed by atoms with Gasteiger partial charge >= 0.3 is 0 Å². The van der Waals surface area contributed by atoms with Crippen LogP contribution in [0.5, 0.6) is 11.5 Å². The fourth-order valence-electron chi connectivity index (χ4n) is 2.96. The molecule has 0 saturated heterocycles. The molecule has 1 N–H and O–H groups in total. The molecule has 1 atom stereocenters. The van der Waals surface area contributed by atoms with Crippen LogP contribution in [0.3, 0.4) is 0 Å². The van der Waals surface area contributed by atoms with Gasteiger partial charge in [0.2, 0.25) is 0 Å². The van der Waals surface area contributed by atoms with E-state index < -0.39 is 0 Å². The zero-order valence-electron chi connectivity index (χ0n) is 13.1. The molecule has 1 unspecified atom stereocenters. The van der Waals surface area contributed by atoms with Crippen LogP contribution in [0.4, 0.5) is 0 Å². The molecule has 0 heterocycles. The molecule has 2 aromatic rings. The average molecular weight is 332 g/mol. The van der Waals surface area contributed by atoms with Crippen LogP contribution in [0.1, 0.15) is 33.9 Å². The summed E-state index contributed by atoms with van der Waals surface area (Å²) in [7, 11) is 3.23. The second-order valence-electron chi connectivity index (χ2n) is 5.45. The topological polar surface area (TPSA) is 47.6 Å². The first-order valence-corrected chi connectivity index (χ1v) is 7.82. The van der Waals surface area contributed by atoms with E-state index in [1.165, 1.54) is 5.56 Å². The maximum Gasteiger partial charge on any atom is 0.253 e. The van der Waals surface area contributed by atoms with E-state index in [0.29, 0.717) is 22.1 Å². The quantitative estimate of drug-likeness (QED) is 0.927. The van der Waals surface area contributed by atoms with Crippen LogP contribution in [0, 0.1) is 0 Å². The van der Waals surface area contributed by atoms with Gasteiger partial charge in [-0.05, 0) is 48.2 Å². The van der Waals surface area contributed by atoms with Crippen LogP contribution in [0.25, 0.3) is 0 Å². The lowest BCUT2D eigenvalue weighted by Crippen LogP contribution is -2.27. The highest BCUT2D eigenvalue weighted by Crippen LogP contribution is 2.39. The van der Waals surface area contributed by atoms with Gasteiger partial charge in [-0.25, -0.2) is 0 Å². The number of fused-ring (bicyclic) bond motifs is 1. The predicted molar refractivity (Wildman–Crippen MR) is 89.5 cm³/mol. The molecule has 1 amide bonds. The number of amides is 1. The Morgan fingerprint density at radius 3 is 2.57 bits per heavy atom. The molecule has 1 aliphatic rings. The lowest BCUT2D eigenvalue weighted by molar-refractivity contribution is 0.0937. The van der Waals surface area contributed by atoms with Gasteiger partial charge in [-0.1, -0.05) is 23.7 Å². The Bertz CT molecular complexity index is 745. The van der Waals surface area contributed by atoms with Crippen LogP contribution in [0.2, 0.25) is 5.02 Å². The fraction of sp³-hybridized carbons (Fsp3) is 0.278. The summed E-state index contributed by atoms with van der Waals surface area (Å²) in [5.41, 5.74) is 2.73. The lowest BCUT2D eigenvalue weighted by atomic mass is 10.1. The Hall–Kier alpha value is -2.20. The second kappa shape index (κ2) is 6.50. The molecule has 0 saturated carbocycles. The molecule has 0 spiro atoms. The number of rotatable bonds is 4. The number of carbonyl (C=O) groups is 1. The second-order valence-corrected chi connectivity index (χ2v) is 5.86. The van der Waals surface area contributed by atoms with E-state index in [-0.39, 0.29) is 11.9 Å². The largest absolute Gasteiger partial charge is 0.493 e. The third kappa shape index (κ3) is 2.99. The smallest absolute Gasteiger partial charge is 0.253 e. The number of nitrogens with one attached hydrogen (secondary N) is 1. The van der Waals surface area contributed by atoms with E-state index in [9.17, 15) is 4.79 Å². The number of hydrogen-bond donors (Lipinski definition) is 1. The van der Waals surface area contributed by atoms with E-state index in [0.717, 1.165) is 18.4 Å². The Labute approximate surface area is 140 Å². The number of aryl methyl sites for hydroxylation is 1. The van der Waals surface area contributed by atoms with Crippen molar-refractivity contribution in [2.45, 2.75) is 18.9 Å². The highest BCUT2D eigenvalue weighted by atomic mass is 35.5. The van der Waals surface area contributed by atoms with Crippen molar-refractivity contribution in [1.82, 2.24) is 5.32 Å². The number of ether oxygens (including phenoxy) is 2. The lowest BCUT2D eigenvalue weighted by Gasteiger charge is -2.16. The minimum absolute atomic E-state index is 0.0476. The molecular formula is C18H18ClNO3. The molecule has 120 valence electrons. The number of halogens is 1. The summed E-state index contributed by atoms with van der Waals surface area (Å²) >= 11 is 6.09. The third-order valence-electron chi connectivity index (χ3n) is 4.15. The van der Waals surface area contributed by atoms with Crippen molar-refractivity contribution >= 4 is 17.5 Å². The summed E-state index contributed by atoms with van der Waals surface area (Å²) in [6.07, 6.45) is 1.74. The Balaban J connectivity index is 1.85. The number of carbonyl (C=O) groups excluding carboxylic acids is 1. The number of hydrogen-bond acceptors (Lipinski definition) is 3. The number of benzene rings is 2. The minimum Gasteiger partial charge on any atom is -0.493 e. The fourth-order valence-corrected chi connectivity index (χ4v) is 3.19. The van der Waals surface area contributed by atoms with E-state index in [1.807, 2.05) is 12.1 Å². The summed E-state index contributed by atoms with van der Waals surface area (Å²) in [5.74, 6) is 1.22. The number of methoxy groups -OCH3 is 2. The van der Waals surface area contributed by atoms with Crippen LogP contribution < -0.4 is 14.8 Å². The maximum absolute atomic E-state index is 12.5. The zero-order valence-corrected chi connectivity index (χ0v) is 13.8. The van der Waals surface area contributed by atoms with E-state index in [2.05, 4.69) is 5.32 Å². The molecule has 0 aliphatic heterocycles. The normalized spacial score (nSPS) is 15.9. The van der Waals surface area contributed by atoms with Gasteiger partial charge in [0.1, 0.15) is 0 Å². The van der Waals surface area contributed by atoms with Gasteiger partial charge in [0, 0.05) is 0 Å². The van der Waals surface area contributed by atoms with E-state index >= 15 is 0 Å². The van der Waals surface area contributed by atoms with Crippen molar-refractivity contribution in [3.63, 3.8) is 0 Å². The summed E-state index contributed by atoms with van der Waals surface area (Å²) in [6.45, 7) is 0.